The third-order valence-corrected chi connectivity index (χ3v) is 1.88. The fraction of sp³-hybridized carbons (Fsp3) is 0.455. The molecular weight excluding hydrogens is 181 g/mol. The lowest BCUT2D eigenvalue weighted by Gasteiger charge is -2.18. The Hall–Kier alpha value is -1.09. The lowest BCUT2D eigenvalue weighted by molar-refractivity contribution is 0.138. The molecule has 0 N–H and O–H groups in total. The maximum atomic E-state index is 12.8. The Labute approximate surface area is 84.3 Å². The summed E-state index contributed by atoms with van der Waals surface area (Å²) in [6, 6.07) is 6.49. The summed E-state index contributed by atoms with van der Waals surface area (Å²) in [5, 5.41) is 0. The summed E-state index contributed by atoms with van der Waals surface area (Å²) >= 11 is 0. The zero-order chi connectivity index (χ0) is 10.4. The second kappa shape index (κ2) is 5.60. The molecule has 0 radical (unpaired) electrons. The molecule has 3 heteroatoms. The van der Waals surface area contributed by atoms with E-state index in [1.54, 1.807) is 6.07 Å². The van der Waals surface area contributed by atoms with E-state index in [1.165, 1.54) is 12.1 Å². The molecule has 0 bridgehead atoms. The van der Waals surface area contributed by atoms with Gasteiger partial charge in [0.2, 0.25) is 0 Å². The van der Waals surface area contributed by atoms with E-state index in [0.717, 1.165) is 18.7 Å². The van der Waals surface area contributed by atoms with Crippen LogP contribution in [0, 0.1) is 5.82 Å². The van der Waals surface area contributed by atoms with E-state index in [-0.39, 0.29) is 5.82 Å². The lowest BCUT2D eigenvalue weighted by Crippen LogP contribution is -2.21. The second-order valence-corrected chi connectivity index (χ2v) is 3.22. The number of rotatable bonds is 5. The molecule has 0 saturated heterocycles. The van der Waals surface area contributed by atoms with Crippen molar-refractivity contribution in [3.05, 3.63) is 30.1 Å². The highest BCUT2D eigenvalue weighted by Gasteiger charge is 2.00. The van der Waals surface area contributed by atoms with Gasteiger partial charge in [-0.3, -0.25) is 0 Å². The van der Waals surface area contributed by atoms with Gasteiger partial charge in [-0.15, -0.1) is 0 Å². The molecule has 14 heavy (non-hydrogen) atoms. The topological polar surface area (TPSA) is 12.5 Å². The van der Waals surface area contributed by atoms with Crippen molar-refractivity contribution in [1.82, 2.24) is 0 Å². The number of hydrogen-bond acceptors (Lipinski definition) is 2. The van der Waals surface area contributed by atoms with Crippen molar-refractivity contribution in [2.24, 2.45) is 0 Å². The number of halogens is 1. The molecule has 0 atom stereocenters. The van der Waals surface area contributed by atoms with Crippen molar-refractivity contribution < 1.29 is 9.13 Å². The van der Waals surface area contributed by atoms with Crippen LogP contribution in [0.3, 0.4) is 0 Å². The minimum Gasteiger partial charge on any atom is -0.361 e. The van der Waals surface area contributed by atoms with Crippen molar-refractivity contribution in [2.75, 3.05) is 25.3 Å². The largest absolute Gasteiger partial charge is 0.361 e. The molecule has 0 saturated carbocycles. The molecule has 0 aliphatic rings. The average Bonchev–Trinajstić information content (AvgIpc) is 2.18. The summed E-state index contributed by atoms with van der Waals surface area (Å²) in [6.07, 6.45) is 0.997. The summed E-state index contributed by atoms with van der Waals surface area (Å²) in [5.41, 5.74) is 0.834. The Bertz CT molecular complexity index is 278. The maximum absolute atomic E-state index is 12.8. The van der Waals surface area contributed by atoms with Crippen LogP contribution in [0.1, 0.15) is 13.3 Å². The van der Waals surface area contributed by atoms with Gasteiger partial charge in [0.05, 0.1) is 0 Å². The van der Waals surface area contributed by atoms with E-state index < -0.39 is 0 Å². The van der Waals surface area contributed by atoms with E-state index in [2.05, 4.69) is 6.92 Å². The first-order valence-corrected chi connectivity index (χ1v) is 4.78. The quantitative estimate of drug-likeness (QED) is 0.531. The van der Waals surface area contributed by atoms with Crippen LogP contribution in [-0.4, -0.2) is 20.4 Å². The molecular formula is C11H16FNO. The average molecular weight is 197 g/mol. The molecule has 0 spiro atoms. The summed E-state index contributed by atoms with van der Waals surface area (Å²) in [6.45, 7) is 3.29. The van der Waals surface area contributed by atoms with Crippen LogP contribution in [0.2, 0.25) is 0 Å². The molecule has 0 aromatic heterocycles. The molecule has 1 aromatic carbocycles. The predicted octanol–water partition coefficient (Wildman–Crippen LogP) is 2.65. The van der Waals surface area contributed by atoms with E-state index in [0.29, 0.717) is 6.73 Å². The first kappa shape index (κ1) is 11.0. The first-order chi connectivity index (χ1) is 6.74. The van der Waals surface area contributed by atoms with Crippen molar-refractivity contribution in [3.8, 4) is 0 Å². The summed E-state index contributed by atoms with van der Waals surface area (Å²) in [7, 11) is 1.88. The van der Waals surface area contributed by atoms with Crippen molar-refractivity contribution in [3.63, 3.8) is 0 Å². The van der Waals surface area contributed by atoms with Gasteiger partial charge in [-0.25, -0.2) is 4.39 Å². The van der Waals surface area contributed by atoms with Gasteiger partial charge >= 0.3 is 0 Å². The second-order valence-electron chi connectivity index (χ2n) is 3.22. The van der Waals surface area contributed by atoms with Crippen LogP contribution >= 0.6 is 0 Å². The summed E-state index contributed by atoms with van der Waals surface area (Å²) in [4.78, 5) is 1.87. The number of benzene rings is 1. The summed E-state index contributed by atoms with van der Waals surface area (Å²) in [5.74, 6) is -0.218. The van der Waals surface area contributed by atoms with Crippen LogP contribution in [0.5, 0.6) is 0 Å². The molecule has 0 aliphatic heterocycles. The number of anilines is 1. The van der Waals surface area contributed by atoms with Gasteiger partial charge in [-0.05, 0) is 24.6 Å². The molecule has 0 amide bonds. The Morgan fingerprint density at radius 3 is 2.86 bits per heavy atom. The van der Waals surface area contributed by atoms with Gasteiger partial charge in [0.1, 0.15) is 12.5 Å². The smallest absolute Gasteiger partial charge is 0.125 e. The Morgan fingerprint density at radius 1 is 1.43 bits per heavy atom. The minimum atomic E-state index is -0.218. The molecule has 2 nitrogen and oxygen atoms in total. The van der Waals surface area contributed by atoms with E-state index >= 15 is 0 Å². The first-order valence-electron chi connectivity index (χ1n) is 4.78. The van der Waals surface area contributed by atoms with Crippen molar-refractivity contribution >= 4 is 5.69 Å². The number of nitrogens with zero attached hydrogens (tertiary/aromatic N) is 1. The Morgan fingerprint density at radius 2 is 2.21 bits per heavy atom. The predicted molar refractivity (Wildman–Crippen MR) is 55.9 cm³/mol. The van der Waals surface area contributed by atoms with Crippen molar-refractivity contribution in [2.45, 2.75) is 13.3 Å². The van der Waals surface area contributed by atoms with Crippen LogP contribution in [0.15, 0.2) is 24.3 Å². The monoisotopic (exact) mass is 197 g/mol. The minimum absolute atomic E-state index is 0.218. The molecule has 78 valence electrons. The molecule has 0 aliphatic carbocycles. The fourth-order valence-corrected chi connectivity index (χ4v) is 1.13. The highest BCUT2D eigenvalue weighted by atomic mass is 19.1. The standard InChI is InChI=1S/C11H16FNO/c1-3-7-14-9-13(2)11-6-4-5-10(12)8-11/h4-6,8H,3,7,9H2,1-2H3. The number of hydrogen-bond donors (Lipinski definition) is 0. The zero-order valence-electron chi connectivity index (χ0n) is 8.66. The summed E-state index contributed by atoms with van der Waals surface area (Å²) < 4.78 is 18.2. The normalized spacial score (nSPS) is 10.2. The molecule has 1 rings (SSSR count). The molecule has 0 heterocycles. The van der Waals surface area contributed by atoms with Gasteiger partial charge in [0.25, 0.3) is 0 Å². The van der Waals surface area contributed by atoms with Crippen LogP contribution < -0.4 is 4.90 Å². The third-order valence-electron chi connectivity index (χ3n) is 1.88. The highest BCUT2D eigenvalue weighted by molar-refractivity contribution is 5.44. The van der Waals surface area contributed by atoms with Gasteiger partial charge in [0, 0.05) is 19.3 Å². The highest BCUT2D eigenvalue weighted by Crippen LogP contribution is 2.13. The maximum Gasteiger partial charge on any atom is 0.125 e. The number of ether oxygens (including phenoxy) is 1. The molecule has 0 fully saturated rings. The van der Waals surface area contributed by atoms with Crippen LogP contribution in [0.4, 0.5) is 10.1 Å². The van der Waals surface area contributed by atoms with E-state index in [1.807, 2.05) is 18.0 Å². The van der Waals surface area contributed by atoms with Gasteiger partial charge < -0.3 is 9.64 Å². The SMILES string of the molecule is CCCOCN(C)c1cccc(F)c1. The lowest BCUT2D eigenvalue weighted by atomic mass is 10.3. The fourth-order valence-electron chi connectivity index (χ4n) is 1.13. The van der Waals surface area contributed by atoms with Gasteiger partial charge in [0.15, 0.2) is 0 Å². The molecule has 0 unspecified atom stereocenters. The Kier molecular flexibility index (Phi) is 4.40. The van der Waals surface area contributed by atoms with Gasteiger partial charge in [-0.1, -0.05) is 13.0 Å². The van der Waals surface area contributed by atoms with Crippen molar-refractivity contribution in [1.29, 1.82) is 0 Å². The third kappa shape index (κ3) is 3.34. The van der Waals surface area contributed by atoms with E-state index in [9.17, 15) is 4.39 Å². The zero-order valence-corrected chi connectivity index (χ0v) is 8.66. The van der Waals surface area contributed by atoms with Crippen LogP contribution in [-0.2, 0) is 4.74 Å². The molecule has 1 aromatic rings. The van der Waals surface area contributed by atoms with Gasteiger partial charge in [-0.2, -0.15) is 0 Å². The van der Waals surface area contributed by atoms with E-state index in [4.69, 9.17) is 4.74 Å². The Balaban J connectivity index is 2.47. The van der Waals surface area contributed by atoms with Crippen LogP contribution in [0.25, 0.3) is 0 Å².